The van der Waals surface area contributed by atoms with Crippen LogP contribution in [0.15, 0.2) is 54.6 Å². The van der Waals surface area contributed by atoms with Gasteiger partial charge in [-0.05, 0) is 11.6 Å². The molecule has 0 spiro atoms. The number of carbonyl (C=O) groups excluding carboxylic acids is 1. The van der Waals surface area contributed by atoms with Gasteiger partial charge in [-0.3, -0.25) is 4.79 Å². The van der Waals surface area contributed by atoms with E-state index in [9.17, 15) is 4.79 Å². The van der Waals surface area contributed by atoms with Crippen molar-refractivity contribution in [2.45, 2.75) is 0 Å². The highest BCUT2D eigenvalue weighted by Crippen LogP contribution is 2.29. The Morgan fingerprint density at radius 3 is 2.45 bits per heavy atom. The van der Waals surface area contributed by atoms with Crippen molar-refractivity contribution in [1.82, 2.24) is 10.2 Å². The van der Waals surface area contributed by atoms with Crippen LogP contribution in [0.2, 0.25) is 0 Å². The summed E-state index contributed by atoms with van der Waals surface area (Å²) in [5, 5.41) is 3.24. The van der Waals surface area contributed by atoms with Gasteiger partial charge in [0.25, 0.3) is 5.91 Å². The van der Waals surface area contributed by atoms with Crippen LogP contribution < -0.4 is 10.1 Å². The second-order valence-electron chi connectivity index (χ2n) is 5.28. The van der Waals surface area contributed by atoms with Crippen LogP contribution in [0.1, 0.15) is 0 Å². The van der Waals surface area contributed by atoms with Gasteiger partial charge in [-0.15, -0.1) is 0 Å². The number of piperazine rings is 1. The molecule has 1 saturated heterocycles. The van der Waals surface area contributed by atoms with E-state index in [1.54, 1.807) is 0 Å². The number of hydrogen-bond acceptors (Lipinski definition) is 3. The highest BCUT2D eigenvalue weighted by molar-refractivity contribution is 5.78. The minimum Gasteiger partial charge on any atom is -0.483 e. The Morgan fingerprint density at radius 1 is 1.00 bits per heavy atom. The summed E-state index contributed by atoms with van der Waals surface area (Å²) in [6.45, 7) is 3.30. The lowest BCUT2D eigenvalue weighted by Crippen LogP contribution is -2.47. The number of carbonyl (C=O) groups is 1. The first-order valence-corrected chi connectivity index (χ1v) is 7.60. The number of rotatable bonds is 4. The Balaban J connectivity index is 1.69. The predicted molar refractivity (Wildman–Crippen MR) is 86.8 cm³/mol. The molecule has 0 aromatic heterocycles. The maximum Gasteiger partial charge on any atom is 0.260 e. The Bertz CT molecular complexity index is 622. The number of benzene rings is 2. The summed E-state index contributed by atoms with van der Waals surface area (Å²) < 4.78 is 5.79. The van der Waals surface area contributed by atoms with Crippen molar-refractivity contribution in [3.63, 3.8) is 0 Å². The number of nitrogens with one attached hydrogen (secondary N) is 1. The zero-order valence-electron chi connectivity index (χ0n) is 12.5. The molecule has 3 rings (SSSR count). The van der Waals surface area contributed by atoms with Gasteiger partial charge in [-0.1, -0.05) is 48.5 Å². The van der Waals surface area contributed by atoms with Crippen LogP contribution in [0.5, 0.6) is 5.75 Å². The van der Waals surface area contributed by atoms with Gasteiger partial charge >= 0.3 is 0 Å². The molecule has 114 valence electrons. The van der Waals surface area contributed by atoms with Crippen molar-refractivity contribution in [3.8, 4) is 16.9 Å². The summed E-state index contributed by atoms with van der Waals surface area (Å²) in [5.41, 5.74) is 2.10. The van der Waals surface area contributed by atoms with E-state index in [0.717, 1.165) is 43.1 Å². The average Bonchev–Trinajstić information content (AvgIpc) is 2.61. The van der Waals surface area contributed by atoms with Crippen molar-refractivity contribution in [1.29, 1.82) is 0 Å². The molecule has 0 radical (unpaired) electrons. The van der Waals surface area contributed by atoms with Crippen molar-refractivity contribution in [3.05, 3.63) is 54.6 Å². The van der Waals surface area contributed by atoms with Crippen LogP contribution in [-0.2, 0) is 4.79 Å². The van der Waals surface area contributed by atoms with Gasteiger partial charge in [-0.2, -0.15) is 0 Å². The van der Waals surface area contributed by atoms with Crippen molar-refractivity contribution in [2.24, 2.45) is 0 Å². The maximum absolute atomic E-state index is 12.2. The number of para-hydroxylation sites is 1. The van der Waals surface area contributed by atoms with Crippen molar-refractivity contribution in [2.75, 3.05) is 32.8 Å². The summed E-state index contributed by atoms with van der Waals surface area (Å²) in [6, 6.07) is 17.9. The SMILES string of the molecule is O=C(COc1ccccc1-c1ccccc1)N1CCNCC1. The topological polar surface area (TPSA) is 41.6 Å². The molecule has 0 atom stereocenters. The second-order valence-corrected chi connectivity index (χ2v) is 5.28. The van der Waals surface area contributed by atoms with Crippen molar-refractivity contribution >= 4 is 5.91 Å². The van der Waals surface area contributed by atoms with Gasteiger partial charge in [0, 0.05) is 31.7 Å². The zero-order chi connectivity index (χ0) is 15.2. The molecule has 22 heavy (non-hydrogen) atoms. The lowest BCUT2D eigenvalue weighted by atomic mass is 10.1. The van der Waals surface area contributed by atoms with Gasteiger partial charge < -0.3 is 15.0 Å². The molecule has 2 aromatic rings. The highest BCUT2D eigenvalue weighted by Gasteiger charge is 2.17. The number of amides is 1. The Hall–Kier alpha value is -2.33. The van der Waals surface area contributed by atoms with Crippen LogP contribution in [0, 0.1) is 0 Å². The monoisotopic (exact) mass is 296 g/mol. The van der Waals surface area contributed by atoms with Crippen LogP contribution >= 0.6 is 0 Å². The van der Waals surface area contributed by atoms with Gasteiger partial charge in [0.2, 0.25) is 0 Å². The van der Waals surface area contributed by atoms with Crippen molar-refractivity contribution < 1.29 is 9.53 Å². The summed E-state index contributed by atoms with van der Waals surface area (Å²) in [4.78, 5) is 14.0. The lowest BCUT2D eigenvalue weighted by molar-refractivity contribution is -0.133. The maximum atomic E-state index is 12.2. The molecule has 1 heterocycles. The van der Waals surface area contributed by atoms with E-state index in [2.05, 4.69) is 5.32 Å². The Morgan fingerprint density at radius 2 is 1.68 bits per heavy atom. The van der Waals surface area contributed by atoms with Crippen LogP contribution in [0.25, 0.3) is 11.1 Å². The quantitative estimate of drug-likeness (QED) is 0.940. The summed E-state index contributed by atoms with van der Waals surface area (Å²) in [7, 11) is 0. The minimum absolute atomic E-state index is 0.0457. The zero-order valence-corrected chi connectivity index (χ0v) is 12.5. The third-order valence-corrected chi connectivity index (χ3v) is 3.79. The molecule has 1 aliphatic heterocycles. The van der Waals surface area contributed by atoms with E-state index in [1.165, 1.54) is 0 Å². The number of ether oxygens (including phenoxy) is 1. The first-order valence-electron chi connectivity index (χ1n) is 7.60. The third kappa shape index (κ3) is 3.46. The van der Waals surface area contributed by atoms with Crippen LogP contribution in [-0.4, -0.2) is 43.6 Å². The van der Waals surface area contributed by atoms with Crippen LogP contribution in [0.4, 0.5) is 0 Å². The highest BCUT2D eigenvalue weighted by atomic mass is 16.5. The molecule has 0 aliphatic carbocycles. The van der Waals surface area contributed by atoms with Crippen LogP contribution in [0.3, 0.4) is 0 Å². The molecule has 0 unspecified atom stereocenters. The van der Waals surface area contributed by atoms with Gasteiger partial charge in [0.1, 0.15) is 5.75 Å². The molecule has 0 bridgehead atoms. The van der Waals surface area contributed by atoms with E-state index in [1.807, 2.05) is 59.5 Å². The smallest absolute Gasteiger partial charge is 0.260 e. The summed E-state index contributed by atoms with van der Waals surface area (Å²) in [5.74, 6) is 0.793. The van der Waals surface area contributed by atoms with E-state index >= 15 is 0 Å². The van der Waals surface area contributed by atoms with Gasteiger partial charge in [-0.25, -0.2) is 0 Å². The van der Waals surface area contributed by atoms with E-state index in [-0.39, 0.29) is 12.5 Å². The molecule has 1 aliphatic rings. The fourth-order valence-electron chi connectivity index (χ4n) is 2.59. The first kappa shape index (κ1) is 14.6. The standard InChI is InChI=1S/C18H20N2O2/c21-18(20-12-10-19-11-13-20)14-22-17-9-5-4-8-16(17)15-6-2-1-3-7-15/h1-9,19H,10-14H2. The van der Waals surface area contributed by atoms with Gasteiger partial charge in [0.05, 0.1) is 0 Å². The first-order chi connectivity index (χ1) is 10.8. The molecular formula is C18H20N2O2. The fourth-order valence-corrected chi connectivity index (χ4v) is 2.59. The molecule has 4 nitrogen and oxygen atoms in total. The lowest BCUT2D eigenvalue weighted by Gasteiger charge is -2.27. The predicted octanol–water partition coefficient (Wildman–Crippen LogP) is 2.16. The molecule has 1 fully saturated rings. The number of nitrogens with zero attached hydrogens (tertiary/aromatic N) is 1. The molecule has 2 aromatic carbocycles. The normalized spacial score (nSPS) is 14.6. The molecule has 4 heteroatoms. The second kappa shape index (κ2) is 7.09. The number of hydrogen-bond donors (Lipinski definition) is 1. The largest absolute Gasteiger partial charge is 0.483 e. The fraction of sp³-hybridized carbons (Fsp3) is 0.278. The minimum atomic E-state index is 0.0457. The molecule has 1 amide bonds. The Kier molecular flexibility index (Phi) is 4.71. The van der Waals surface area contributed by atoms with E-state index in [0.29, 0.717) is 0 Å². The average molecular weight is 296 g/mol. The third-order valence-electron chi connectivity index (χ3n) is 3.79. The van der Waals surface area contributed by atoms with E-state index in [4.69, 9.17) is 4.74 Å². The molecule has 1 N–H and O–H groups in total. The molecular weight excluding hydrogens is 276 g/mol. The Labute approximate surface area is 130 Å². The summed E-state index contributed by atoms with van der Waals surface area (Å²) >= 11 is 0. The van der Waals surface area contributed by atoms with Gasteiger partial charge in [0.15, 0.2) is 6.61 Å². The summed E-state index contributed by atoms with van der Waals surface area (Å²) in [6.07, 6.45) is 0. The van der Waals surface area contributed by atoms with E-state index < -0.39 is 0 Å². The molecule has 0 saturated carbocycles.